The van der Waals surface area contributed by atoms with Gasteiger partial charge in [0.1, 0.15) is 12.4 Å². The summed E-state index contributed by atoms with van der Waals surface area (Å²) in [6.07, 6.45) is 0. The largest absolute Gasteiger partial charge is 0.492 e. The number of nitrogens with two attached hydrogens (primary N) is 1. The summed E-state index contributed by atoms with van der Waals surface area (Å²) in [5, 5.41) is 5.53. The van der Waals surface area contributed by atoms with Gasteiger partial charge in [-0.1, -0.05) is 43.3 Å². The highest BCUT2D eigenvalue weighted by Gasteiger charge is 2.21. The van der Waals surface area contributed by atoms with Crippen molar-refractivity contribution in [3.05, 3.63) is 60.2 Å². The molecule has 0 aliphatic rings. The molecule has 0 saturated carbocycles. The first kappa shape index (κ1) is 19.5. The van der Waals surface area contributed by atoms with E-state index in [-0.39, 0.29) is 23.8 Å². The Morgan fingerprint density at radius 3 is 2.54 bits per heavy atom. The van der Waals surface area contributed by atoms with Crippen LogP contribution in [0.4, 0.5) is 5.69 Å². The first-order valence-electron chi connectivity index (χ1n) is 8.56. The Bertz CT molecular complexity index is 734. The summed E-state index contributed by atoms with van der Waals surface area (Å²) < 4.78 is 5.61. The molecule has 0 fully saturated rings. The SMILES string of the molecule is CC(=O)Nc1cccc(OCCNC(=O)C(C)C(N)c2ccccc2)c1. The molecule has 0 aliphatic carbocycles. The fourth-order valence-electron chi connectivity index (χ4n) is 2.50. The topological polar surface area (TPSA) is 93.5 Å². The van der Waals surface area contributed by atoms with Crippen molar-refractivity contribution in [2.45, 2.75) is 19.9 Å². The highest BCUT2D eigenvalue weighted by Crippen LogP contribution is 2.19. The van der Waals surface area contributed by atoms with Crippen LogP contribution in [0.3, 0.4) is 0 Å². The third-order valence-electron chi connectivity index (χ3n) is 3.96. The zero-order chi connectivity index (χ0) is 18.9. The van der Waals surface area contributed by atoms with Gasteiger partial charge in [0.05, 0.1) is 12.5 Å². The van der Waals surface area contributed by atoms with Crippen molar-refractivity contribution < 1.29 is 14.3 Å². The molecule has 2 rings (SSSR count). The standard InChI is InChI=1S/C20H25N3O3/c1-14(19(21)16-7-4-3-5-8-16)20(25)22-11-12-26-18-10-6-9-17(13-18)23-15(2)24/h3-10,13-14,19H,11-12,21H2,1-2H3,(H,22,25)(H,23,24). The van der Waals surface area contributed by atoms with E-state index in [1.165, 1.54) is 6.92 Å². The highest BCUT2D eigenvalue weighted by atomic mass is 16.5. The van der Waals surface area contributed by atoms with E-state index in [1.54, 1.807) is 24.3 Å². The molecular formula is C20H25N3O3. The van der Waals surface area contributed by atoms with Crippen LogP contribution < -0.4 is 21.1 Å². The Hall–Kier alpha value is -2.86. The third kappa shape index (κ3) is 5.89. The van der Waals surface area contributed by atoms with Crippen molar-refractivity contribution >= 4 is 17.5 Å². The molecule has 0 bridgehead atoms. The molecule has 6 nitrogen and oxygen atoms in total. The van der Waals surface area contributed by atoms with Crippen LogP contribution in [-0.2, 0) is 9.59 Å². The van der Waals surface area contributed by atoms with Crippen LogP contribution in [0.15, 0.2) is 54.6 Å². The monoisotopic (exact) mass is 355 g/mol. The van der Waals surface area contributed by atoms with E-state index in [2.05, 4.69) is 10.6 Å². The zero-order valence-corrected chi connectivity index (χ0v) is 15.1. The van der Waals surface area contributed by atoms with Gasteiger partial charge >= 0.3 is 0 Å². The van der Waals surface area contributed by atoms with Crippen molar-refractivity contribution in [2.24, 2.45) is 11.7 Å². The molecular weight excluding hydrogens is 330 g/mol. The molecule has 0 radical (unpaired) electrons. The van der Waals surface area contributed by atoms with Gasteiger partial charge in [0.15, 0.2) is 0 Å². The Morgan fingerprint density at radius 1 is 1.12 bits per heavy atom. The van der Waals surface area contributed by atoms with E-state index in [4.69, 9.17) is 10.5 Å². The minimum Gasteiger partial charge on any atom is -0.492 e. The molecule has 4 N–H and O–H groups in total. The van der Waals surface area contributed by atoms with E-state index in [1.807, 2.05) is 37.3 Å². The molecule has 0 aliphatic heterocycles. The summed E-state index contributed by atoms with van der Waals surface area (Å²) in [6, 6.07) is 16.3. The number of anilines is 1. The average Bonchev–Trinajstić information content (AvgIpc) is 2.64. The van der Waals surface area contributed by atoms with Crippen LogP contribution in [0.25, 0.3) is 0 Å². The zero-order valence-electron chi connectivity index (χ0n) is 15.1. The van der Waals surface area contributed by atoms with E-state index in [9.17, 15) is 9.59 Å². The lowest BCUT2D eigenvalue weighted by atomic mass is 9.95. The molecule has 6 heteroatoms. The predicted octanol–water partition coefficient (Wildman–Crippen LogP) is 2.48. The van der Waals surface area contributed by atoms with Gasteiger partial charge in [0.25, 0.3) is 0 Å². The highest BCUT2D eigenvalue weighted by molar-refractivity contribution is 5.88. The normalized spacial score (nSPS) is 12.7. The van der Waals surface area contributed by atoms with Crippen molar-refractivity contribution in [1.29, 1.82) is 0 Å². The molecule has 2 unspecified atom stereocenters. The predicted molar refractivity (Wildman–Crippen MR) is 102 cm³/mol. The molecule has 138 valence electrons. The van der Waals surface area contributed by atoms with Gasteiger partial charge in [-0.15, -0.1) is 0 Å². The van der Waals surface area contributed by atoms with Crippen molar-refractivity contribution in [3.8, 4) is 5.75 Å². The number of benzene rings is 2. The number of carbonyl (C=O) groups is 2. The Morgan fingerprint density at radius 2 is 1.85 bits per heavy atom. The molecule has 0 saturated heterocycles. The number of rotatable bonds is 8. The molecule has 0 spiro atoms. The summed E-state index contributed by atoms with van der Waals surface area (Å²) >= 11 is 0. The van der Waals surface area contributed by atoms with Gasteiger partial charge < -0.3 is 21.1 Å². The van der Waals surface area contributed by atoms with E-state index in [0.717, 1.165) is 5.56 Å². The number of carbonyl (C=O) groups excluding carboxylic acids is 2. The first-order valence-corrected chi connectivity index (χ1v) is 8.56. The summed E-state index contributed by atoms with van der Waals surface area (Å²) in [4.78, 5) is 23.3. The quantitative estimate of drug-likeness (QED) is 0.634. The molecule has 2 atom stereocenters. The van der Waals surface area contributed by atoms with Gasteiger partial charge in [0, 0.05) is 24.7 Å². The van der Waals surface area contributed by atoms with Crippen molar-refractivity contribution in [3.63, 3.8) is 0 Å². The molecule has 26 heavy (non-hydrogen) atoms. The van der Waals surface area contributed by atoms with E-state index < -0.39 is 0 Å². The lowest BCUT2D eigenvalue weighted by molar-refractivity contribution is -0.125. The van der Waals surface area contributed by atoms with Gasteiger partial charge in [-0.3, -0.25) is 9.59 Å². The number of nitrogens with one attached hydrogen (secondary N) is 2. The second kappa shape index (κ2) is 9.58. The maximum Gasteiger partial charge on any atom is 0.224 e. The average molecular weight is 355 g/mol. The van der Waals surface area contributed by atoms with Crippen LogP contribution >= 0.6 is 0 Å². The summed E-state index contributed by atoms with van der Waals surface area (Å²) in [7, 11) is 0. The molecule has 0 heterocycles. The molecule has 0 aromatic heterocycles. The summed E-state index contributed by atoms with van der Waals surface area (Å²) in [5.41, 5.74) is 7.76. The lowest BCUT2D eigenvalue weighted by Gasteiger charge is -2.20. The summed E-state index contributed by atoms with van der Waals surface area (Å²) in [6.45, 7) is 3.95. The minimum atomic E-state index is -0.355. The molecule has 2 amide bonds. The van der Waals surface area contributed by atoms with Crippen LogP contribution in [0.5, 0.6) is 5.75 Å². The third-order valence-corrected chi connectivity index (χ3v) is 3.96. The Balaban J connectivity index is 1.77. The van der Waals surface area contributed by atoms with E-state index >= 15 is 0 Å². The van der Waals surface area contributed by atoms with E-state index in [0.29, 0.717) is 24.6 Å². The maximum atomic E-state index is 12.3. The summed E-state index contributed by atoms with van der Waals surface area (Å²) in [5.74, 6) is 0.0233. The van der Waals surface area contributed by atoms with Crippen LogP contribution in [0, 0.1) is 5.92 Å². The minimum absolute atomic E-state index is 0.114. The van der Waals surface area contributed by atoms with Gasteiger partial charge in [-0.2, -0.15) is 0 Å². The molecule has 2 aromatic carbocycles. The second-order valence-electron chi connectivity index (χ2n) is 6.07. The number of amides is 2. The second-order valence-corrected chi connectivity index (χ2v) is 6.07. The fourth-order valence-corrected chi connectivity index (χ4v) is 2.50. The van der Waals surface area contributed by atoms with Crippen molar-refractivity contribution in [1.82, 2.24) is 5.32 Å². The first-order chi connectivity index (χ1) is 12.5. The fraction of sp³-hybridized carbons (Fsp3) is 0.300. The van der Waals surface area contributed by atoms with Crippen LogP contribution in [0.2, 0.25) is 0 Å². The Labute approximate surface area is 153 Å². The van der Waals surface area contributed by atoms with Crippen molar-refractivity contribution in [2.75, 3.05) is 18.5 Å². The smallest absolute Gasteiger partial charge is 0.224 e. The maximum absolute atomic E-state index is 12.3. The number of ether oxygens (including phenoxy) is 1. The van der Waals surface area contributed by atoms with Gasteiger partial charge in [-0.25, -0.2) is 0 Å². The van der Waals surface area contributed by atoms with Crippen LogP contribution in [-0.4, -0.2) is 25.0 Å². The lowest BCUT2D eigenvalue weighted by Crippen LogP contribution is -2.37. The molecule has 2 aromatic rings. The number of hydrogen-bond acceptors (Lipinski definition) is 4. The number of hydrogen-bond donors (Lipinski definition) is 3. The Kier molecular flexibility index (Phi) is 7.17. The van der Waals surface area contributed by atoms with Gasteiger partial charge in [-0.05, 0) is 17.7 Å². The van der Waals surface area contributed by atoms with Crippen LogP contribution in [0.1, 0.15) is 25.5 Å². The van der Waals surface area contributed by atoms with Gasteiger partial charge in [0.2, 0.25) is 11.8 Å².